The lowest BCUT2D eigenvalue weighted by Crippen LogP contribution is -1.86. The van der Waals surface area contributed by atoms with Gasteiger partial charge in [0.1, 0.15) is 6.29 Å². The van der Waals surface area contributed by atoms with E-state index >= 15 is 0 Å². The zero-order chi connectivity index (χ0) is 11.5. The minimum atomic E-state index is 0.564. The number of carbonyl (C=O) groups is 1. The van der Waals surface area contributed by atoms with E-state index in [2.05, 4.69) is 4.98 Å². The third-order valence-electron chi connectivity index (χ3n) is 2.29. The number of benzene rings is 1. The molecule has 0 atom stereocenters. The fourth-order valence-corrected chi connectivity index (χ4v) is 1.82. The molecule has 0 spiro atoms. The molecule has 3 heteroatoms. The summed E-state index contributed by atoms with van der Waals surface area (Å²) in [6.45, 7) is 1.93. The van der Waals surface area contributed by atoms with E-state index in [-0.39, 0.29) is 0 Å². The number of rotatable bonds is 2. The van der Waals surface area contributed by atoms with Crippen LogP contribution in [0.1, 0.15) is 16.1 Å². The van der Waals surface area contributed by atoms with E-state index < -0.39 is 0 Å². The zero-order valence-electron chi connectivity index (χ0n) is 8.77. The van der Waals surface area contributed by atoms with Gasteiger partial charge in [-0.2, -0.15) is 0 Å². The van der Waals surface area contributed by atoms with Crippen molar-refractivity contribution in [3.05, 3.63) is 52.8 Å². The van der Waals surface area contributed by atoms with Crippen LogP contribution in [0.3, 0.4) is 0 Å². The monoisotopic (exact) mass is 231 g/mol. The average molecular weight is 232 g/mol. The molecule has 0 radical (unpaired) electrons. The van der Waals surface area contributed by atoms with Crippen molar-refractivity contribution in [3.63, 3.8) is 0 Å². The molecule has 2 rings (SSSR count). The number of pyridine rings is 1. The Hall–Kier alpha value is -1.67. The van der Waals surface area contributed by atoms with Gasteiger partial charge in [0, 0.05) is 22.5 Å². The maximum atomic E-state index is 10.7. The lowest BCUT2D eigenvalue weighted by atomic mass is 10.0. The minimum Gasteiger partial charge on any atom is -0.298 e. The molecule has 2 aromatic rings. The van der Waals surface area contributed by atoms with Crippen LogP contribution in [0, 0.1) is 6.92 Å². The van der Waals surface area contributed by atoms with Crippen molar-refractivity contribution in [1.82, 2.24) is 4.98 Å². The average Bonchev–Trinajstić information content (AvgIpc) is 2.28. The summed E-state index contributed by atoms with van der Waals surface area (Å²) in [5.74, 6) is 0. The van der Waals surface area contributed by atoms with Crippen LogP contribution in [-0.4, -0.2) is 11.3 Å². The predicted octanol–water partition coefficient (Wildman–Crippen LogP) is 3.52. The first-order valence-corrected chi connectivity index (χ1v) is 5.25. The highest BCUT2D eigenvalue weighted by molar-refractivity contribution is 6.31. The summed E-state index contributed by atoms with van der Waals surface area (Å²) in [6.07, 6.45) is 2.54. The van der Waals surface area contributed by atoms with E-state index in [1.807, 2.05) is 31.2 Å². The van der Waals surface area contributed by atoms with E-state index in [1.54, 1.807) is 12.3 Å². The molecule has 0 N–H and O–H groups in total. The number of aryl methyl sites for hydroxylation is 1. The summed E-state index contributed by atoms with van der Waals surface area (Å²) in [7, 11) is 0. The summed E-state index contributed by atoms with van der Waals surface area (Å²) < 4.78 is 0. The van der Waals surface area contributed by atoms with Gasteiger partial charge in [-0.25, -0.2) is 0 Å². The molecule has 2 nitrogen and oxygen atoms in total. The number of aldehydes is 1. The number of carbonyl (C=O) groups excluding carboxylic acids is 1. The zero-order valence-corrected chi connectivity index (χ0v) is 9.53. The Morgan fingerprint density at radius 3 is 2.69 bits per heavy atom. The molecule has 0 aliphatic rings. The molecule has 0 aliphatic carbocycles. The number of halogens is 1. The number of nitrogens with zero attached hydrogens (tertiary/aromatic N) is 1. The normalized spacial score (nSPS) is 10.1. The summed E-state index contributed by atoms with van der Waals surface area (Å²) in [5.41, 5.74) is 3.46. The third-order valence-corrected chi connectivity index (χ3v) is 2.50. The molecule has 0 fully saturated rings. The van der Waals surface area contributed by atoms with Crippen molar-refractivity contribution >= 4 is 17.9 Å². The van der Waals surface area contributed by atoms with Crippen LogP contribution in [-0.2, 0) is 0 Å². The number of hydrogen-bond donors (Lipinski definition) is 0. The van der Waals surface area contributed by atoms with Gasteiger partial charge in [0.15, 0.2) is 0 Å². The van der Waals surface area contributed by atoms with Crippen LogP contribution in [0.25, 0.3) is 11.1 Å². The van der Waals surface area contributed by atoms with E-state index in [9.17, 15) is 4.79 Å². The summed E-state index contributed by atoms with van der Waals surface area (Å²) in [4.78, 5) is 14.9. The first kappa shape index (κ1) is 10.8. The lowest BCUT2D eigenvalue weighted by Gasteiger charge is -2.04. The second-order valence-corrected chi connectivity index (χ2v) is 4.01. The second-order valence-electron chi connectivity index (χ2n) is 3.58. The van der Waals surface area contributed by atoms with Gasteiger partial charge >= 0.3 is 0 Å². The molecule has 16 heavy (non-hydrogen) atoms. The fraction of sp³-hybridized carbons (Fsp3) is 0.0769. The van der Waals surface area contributed by atoms with Gasteiger partial charge in [-0.3, -0.25) is 9.78 Å². The predicted molar refractivity (Wildman–Crippen MR) is 64.8 cm³/mol. The summed E-state index contributed by atoms with van der Waals surface area (Å²) in [5, 5.41) is 0.564. The highest BCUT2D eigenvalue weighted by Crippen LogP contribution is 2.24. The van der Waals surface area contributed by atoms with Crippen molar-refractivity contribution in [2.75, 3.05) is 0 Å². The van der Waals surface area contributed by atoms with Crippen LogP contribution >= 0.6 is 11.6 Å². The molecule has 0 aliphatic heterocycles. The molecule has 0 saturated carbocycles. The minimum absolute atomic E-state index is 0.564. The SMILES string of the molecule is Cc1cc(-c2cc(Cl)cc(C=O)c2)ccn1. The maximum absolute atomic E-state index is 10.7. The Balaban J connectivity index is 2.55. The standard InChI is InChI=1S/C13H10ClNO/c1-9-4-11(2-3-15-9)12-5-10(8-16)6-13(14)7-12/h2-8H,1H3. The van der Waals surface area contributed by atoms with E-state index in [1.165, 1.54) is 0 Å². The largest absolute Gasteiger partial charge is 0.298 e. The molecule has 0 unspecified atom stereocenters. The Labute approximate surface area is 98.9 Å². The highest BCUT2D eigenvalue weighted by Gasteiger charge is 2.02. The van der Waals surface area contributed by atoms with Crippen molar-refractivity contribution < 1.29 is 4.79 Å². The molecule has 0 bridgehead atoms. The molecule has 0 saturated heterocycles. The smallest absolute Gasteiger partial charge is 0.150 e. The molecular weight excluding hydrogens is 222 g/mol. The Morgan fingerprint density at radius 2 is 2.00 bits per heavy atom. The van der Waals surface area contributed by atoms with Crippen LogP contribution in [0.5, 0.6) is 0 Å². The van der Waals surface area contributed by atoms with Gasteiger partial charge in [-0.05, 0) is 48.4 Å². The van der Waals surface area contributed by atoms with Crippen LogP contribution in [0.2, 0.25) is 5.02 Å². The fourth-order valence-electron chi connectivity index (χ4n) is 1.57. The van der Waals surface area contributed by atoms with Crippen molar-refractivity contribution in [1.29, 1.82) is 0 Å². The molecular formula is C13H10ClNO. The molecule has 1 aromatic carbocycles. The molecule has 80 valence electrons. The van der Waals surface area contributed by atoms with Crippen LogP contribution < -0.4 is 0 Å². The Morgan fingerprint density at radius 1 is 1.19 bits per heavy atom. The van der Waals surface area contributed by atoms with Gasteiger partial charge in [0.2, 0.25) is 0 Å². The summed E-state index contributed by atoms with van der Waals surface area (Å²) >= 11 is 5.94. The highest BCUT2D eigenvalue weighted by atomic mass is 35.5. The number of hydrogen-bond acceptors (Lipinski definition) is 2. The van der Waals surface area contributed by atoms with Crippen molar-refractivity contribution in [2.45, 2.75) is 6.92 Å². The van der Waals surface area contributed by atoms with E-state index in [0.29, 0.717) is 10.6 Å². The van der Waals surface area contributed by atoms with Crippen molar-refractivity contribution in [2.24, 2.45) is 0 Å². The Bertz CT molecular complexity index is 537. The van der Waals surface area contributed by atoms with Gasteiger partial charge in [0.05, 0.1) is 0 Å². The van der Waals surface area contributed by atoms with Crippen molar-refractivity contribution in [3.8, 4) is 11.1 Å². The van der Waals surface area contributed by atoms with Crippen LogP contribution in [0.15, 0.2) is 36.5 Å². The van der Waals surface area contributed by atoms with Gasteiger partial charge in [0.25, 0.3) is 0 Å². The number of aromatic nitrogens is 1. The first-order chi connectivity index (χ1) is 7.69. The molecule has 1 heterocycles. The lowest BCUT2D eigenvalue weighted by molar-refractivity contribution is 0.112. The van der Waals surface area contributed by atoms with E-state index in [4.69, 9.17) is 11.6 Å². The van der Waals surface area contributed by atoms with Gasteiger partial charge in [-0.1, -0.05) is 11.6 Å². The van der Waals surface area contributed by atoms with Gasteiger partial charge in [-0.15, -0.1) is 0 Å². The first-order valence-electron chi connectivity index (χ1n) is 4.88. The van der Waals surface area contributed by atoms with Gasteiger partial charge < -0.3 is 0 Å². The van der Waals surface area contributed by atoms with Crippen LogP contribution in [0.4, 0.5) is 0 Å². The quantitative estimate of drug-likeness (QED) is 0.741. The molecule has 0 amide bonds. The Kier molecular flexibility index (Phi) is 3.02. The summed E-state index contributed by atoms with van der Waals surface area (Å²) in [6, 6.07) is 9.15. The second kappa shape index (κ2) is 4.45. The van der Waals surface area contributed by atoms with E-state index in [0.717, 1.165) is 23.1 Å². The third kappa shape index (κ3) is 2.28. The molecule has 1 aromatic heterocycles. The maximum Gasteiger partial charge on any atom is 0.150 e. The topological polar surface area (TPSA) is 30.0 Å².